The maximum atomic E-state index is 12.3. The highest BCUT2D eigenvalue weighted by atomic mass is 19.4. The molecule has 0 radical (unpaired) electrons. The first-order valence-corrected chi connectivity index (χ1v) is 9.87. The van der Waals surface area contributed by atoms with E-state index in [0.717, 1.165) is 4.90 Å². The van der Waals surface area contributed by atoms with Gasteiger partial charge in [0.05, 0.1) is 0 Å². The van der Waals surface area contributed by atoms with Gasteiger partial charge in [-0.25, -0.2) is 14.4 Å². The van der Waals surface area contributed by atoms with Crippen LogP contribution in [0, 0.1) is 0 Å². The molecule has 2 amide bonds. The van der Waals surface area contributed by atoms with Crippen molar-refractivity contribution in [1.29, 1.82) is 0 Å². The largest absolute Gasteiger partial charge is 0.491 e. The van der Waals surface area contributed by atoms with Crippen LogP contribution in [0.3, 0.4) is 0 Å². The molecule has 2 aliphatic heterocycles. The molecule has 13 heteroatoms. The Morgan fingerprint density at radius 3 is 1.87 bits per heavy atom. The van der Waals surface area contributed by atoms with Crippen molar-refractivity contribution in [2.75, 3.05) is 26.2 Å². The molecular formula is C18H24F3N3O7. The van der Waals surface area contributed by atoms with Gasteiger partial charge in [-0.05, 0) is 25.7 Å². The number of aliphatic carboxylic acids is 1. The average molecular weight is 451 g/mol. The molecule has 10 nitrogen and oxygen atoms in total. The van der Waals surface area contributed by atoms with E-state index < -0.39 is 42.1 Å². The van der Waals surface area contributed by atoms with E-state index in [1.165, 1.54) is 4.90 Å². The summed E-state index contributed by atoms with van der Waals surface area (Å²) >= 11 is 0. The Morgan fingerprint density at radius 1 is 0.903 bits per heavy atom. The van der Waals surface area contributed by atoms with Crippen molar-refractivity contribution in [3.8, 4) is 0 Å². The monoisotopic (exact) mass is 451 g/mol. The van der Waals surface area contributed by atoms with Crippen LogP contribution in [-0.2, 0) is 28.7 Å². The summed E-state index contributed by atoms with van der Waals surface area (Å²) in [5.74, 6) is -5.87. The highest BCUT2D eigenvalue weighted by Gasteiger charge is 2.45. The van der Waals surface area contributed by atoms with Crippen LogP contribution >= 0.6 is 0 Å². The lowest BCUT2D eigenvalue weighted by atomic mass is 10.2. The van der Waals surface area contributed by atoms with E-state index in [0.29, 0.717) is 25.8 Å². The second kappa shape index (κ2) is 10.6. The molecule has 0 aliphatic carbocycles. The molecule has 0 unspecified atom stereocenters. The minimum Gasteiger partial charge on any atom is -0.480 e. The lowest BCUT2D eigenvalue weighted by molar-refractivity contribution is -0.203. The molecule has 2 rings (SSSR count). The fraction of sp³-hybridized carbons (Fsp3) is 0.722. The van der Waals surface area contributed by atoms with Crippen LogP contribution in [0.4, 0.5) is 13.2 Å². The molecule has 2 fully saturated rings. The molecule has 2 atom stereocenters. The summed E-state index contributed by atoms with van der Waals surface area (Å²) in [5, 5.41) is 12.0. The Bertz CT molecular complexity index is 729. The van der Waals surface area contributed by atoms with Crippen LogP contribution in [0.25, 0.3) is 0 Å². The molecule has 2 heterocycles. The molecule has 0 aromatic heterocycles. The molecule has 174 valence electrons. The minimum absolute atomic E-state index is 0.0518. The van der Waals surface area contributed by atoms with Crippen LogP contribution < -0.4 is 5.32 Å². The standard InChI is InChI=1S/C18H24F3N3O7/c19-18(20,21)17(30)31-16(29)12-4-2-10-24(12)14(26)6-8-22-7-5-13(25)23-9-1-3-11(23)15(27)28/h11-12,22H,1-10H2,(H,27,28)/t11-,12-/m1/s1. The number of likely N-dealkylation sites (tertiary alicyclic amines) is 2. The fourth-order valence-electron chi connectivity index (χ4n) is 3.65. The summed E-state index contributed by atoms with van der Waals surface area (Å²) in [7, 11) is 0. The number of carbonyl (C=O) groups excluding carboxylic acids is 4. The number of carboxylic acids is 1. The number of nitrogens with one attached hydrogen (secondary N) is 1. The molecule has 0 saturated carbocycles. The van der Waals surface area contributed by atoms with Crippen molar-refractivity contribution >= 4 is 29.7 Å². The maximum Gasteiger partial charge on any atom is 0.491 e. The minimum atomic E-state index is -5.30. The number of esters is 2. The normalized spacial score (nSPS) is 21.3. The zero-order chi connectivity index (χ0) is 23.2. The summed E-state index contributed by atoms with van der Waals surface area (Å²) in [6.45, 7) is 0.898. The highest BCUT2D eigenvalue weighted by molar-refractivity contribution is 5.93. The van der Waals surface area contributed by atoms with Gasteiger partial charge in [-0.3, -0.25) is 9.59 Å². The number of carbonyl (C=O) groups is 5. The molecule has 2 saturated heterocycles. The van der Waals surface area contributed by atoms with E-state index in [1.807, 2.05) is 0 Å². The summed E-state index contributed by atoms with van der Waals surface area (Å²) in [6, 6.07) is -2.06. The van der Waals surface area contributed by atoms with E-state index in [4.69, 9.17) is 5.11 Å². The van der Waals surface area contributed by atoms with Gasteiger partial charge in [0.25, 0.3) is 0 Å². The van der Waals surface area contributed by atoms with Crippen LogP contribution in [0.5, 0.6) is 0 Å². The van der Waals surface area contributed by atoms with Crippen LogP contribution in [-0.4, -0.2) is 89.1 Å². The van der Waals surface area contributed by atoms with Crippen molar-refractivity contribution in [3.05, 3.63) is 0 Å². The SMILES string of the molecule is O=C(O)[C@H]1CCCN1C(=O)CCNCCC(=O)N1CCC[C@@H]1C(=O)OC(=O)C(F)(F)F. The zero-order valence-corrected chi connectivity index (χ0v) is 16.7. The molecule has 0 bridgehead atoms. The van der Waals surface area contributed by atoms with Crippen LogP contribution in [0.2, 0.25) is 0 Å². The molecular weight excluding hydrogens is 427 g/mol. The smallest absolute Gasteiger partial charge is 0.480 e. The first kappa shape index (κ1) is 24.6. The summed E-state index contributed by atoms with van der Waals surface area (Å²) in [6.07, 6.45) is -3.81. The van der Waals surface area contributed by atoms with Gasteiger partial charge in [-0.2, -0.15) is 13.2 Å². The highest BCUT2D eigenvalue weighted by Crippen LogP contribution is 2.22. The van der Waals surface area contributed by atoms with Crippen molar-refractivity contribution in [2.24, 2.45) is 0 Å². The Labute approximate surface area is 175 Å². The van der Waals surface area contributed by atoms with E-state index in [9.17, 15) is 37.1 Å². The van der Waals surface area contributed by atoms with Crippen LogP contribution in [0.15, 0.2) is 0 Å². The number of carboxylic acid groups (broad SMARTS) is 1. The maximum absolute atomic E-state index is 12.3. The second-order valence-corrected chi connectivity index (χ2v) is 7.28. The lowest BCUT2D eigenvalue weighted by Gasteiger charge is -2.23. The number of hydrogen-bond acceptors (Lipinski definition) is 7. The van der Waals surface area contributed by atoms with Gasteiger partial charge in [0, 0.05) is 39.0 Å². The predicted molar refractivity (Wildman–Crippen MR) is 96.4 cm³/mol. The Hall–Kier alpha value is -2.70. The lowest BCUT2D eigenvalue weighted by Crippen LogP contribution is -2.44. The van der Waals surface area contributed by atoms with Crippen molar-refractivity contribution in [1.82, 2.24) is 15.1 Å². The third-order valence-electron chi connectivity index (χ3n) is 5.16. The Kier molecular flexibility index (Phi) is 8.36. The quantitative estimate of drug-likeness (QED) is 0.301. The van der Waals surface area contributed by atoms with Crippen molar-refractivity contribution in [3.63, 3.8) is 0 Å². The third-order valence-corrected chi connectivity index (χ3v) is 5.16. The molecule has 0 spiro atoms. The Morgan fingerprint density at radius 2 is 1.39 bits per heavy atom. The number of amides is 2. The van der Waals surface area contributed by atoms with Gasteiger partial charge in [0.2, 0.25) is 11.8 Å². The molecule has 0 aromatic carbocycles. The van der Waals surface area contributed by atoms with Crippen molar-refractivity contribution < 1.29 is 47.0 Å². The first-order valence-electron chi connectivity index (χ1n) is 9.87. The molecule has 2 N–H and O–H groups in total. The van der Waals surface area contributed by atoms with Gasteiger partial charge >= 0.3 is 24.1 Å². The number of halogens is 3. The predicted octanol–water partition coefficient (Wildman–Crippen LogP) is 0.0549. The number of hydrogen-bond donors (Lipinski definition) is 2. The van der Waals surface area contributed by atoms with Gasteiger partial charge in [-0.15, -0.1) is 0 Å². The second-order valence-electron chi connectivity index (χ2n) is 7.28. The third kappa shape index (κ3) is 6.64. The first-order chi connectivity index (χ1) is 14.5. The fourth-order valence-corrected chi connectivity index (χ4v) is 3.65. The topological polar surface area (TPSA) is 133 Å². The zero-order valence-electron chi connectivity index (χ0n) is 16.7. The van der Waals surface area contributed by atoms with Crippen molar-refractivity contribution in [2.45, 2.75) is 56.8 Å². The molecule has 0 aromatic rings. The van der Waals surface area contributed by atoms with E-state index in [2.05, 4.69) is 10.1 Å². The summed E-state index contributed by atoms with van der Waals surface area (Å²) in [4.78, 5) is 60.6. The molecule has 31 heavy (non-hydrogen) atoms. The number of alkyl halides is 3. The van der Waals surface area contributed by atoms with Crippen LogP contribution in [0.1, 0.15) is 38.5 Å². The van der Waals surface area contributed by atoms with Gasteiger partial charge in [0.1, 0.15) is 12.1 Å². The Balaban J connectivity index is 1.72. The van der Waals surface area contributed by atoms with E-state index in [1.54, 1.807) is 0 Å². The van der Waals surface area contributed by atoms with E-state index in [-0.39, 0.29) is 44.8 Å². The van der Waals surface area contributed by atoms with Gasteiger partial charge < -0.3 is 25.0 Å². The average Bonchev–Trinajstić information content (AvgIpc) is 3.36. The number of ether oxygens (including phenoxy) is 1. The van der Waals surface area contributed by atoms with Gasteiger partial charge in [-0.1, -0.05) is 0 Å². The van der Waals surface area contributed by atoms with E-state index >= 15 is 0 Å². The number of rotatable bonds is 8. The van der Waals surface area contributed by atoms with Gasteiger partial charge in [0.15, 0.2) is 0 Å². The number of nitrogens with zero attached hydrogens (tertiary/aromatic N) is 2. The summed E-state index contributed by atoms with van der Waals surface area (Å²) in [5.41, 5.74) is 0. The molecule has 2 aliphatic rings. The summed E-state index contributed by atoms with van der Waals surface area (Å²) < 4.78 is 40.5.